The van der Waals surface area contributed by atoms with Crippen molar-refractivity contribution in [3.05, 3.63) is 39.4 Å². The Labute approximate surface area is 154 Å². The molecule has 2 aromatic rings. The number of aromatic nitrogens is 2. The van der Waals surface area contributed by atoms with Crippen LogP contribution in [-0.4, -0.2) is 15.5 Å². The maximum atomic E-state index is 12.5. The van der Waals surface area contributed by atoms with E-state index in [0.717, 1.165) is 23.8 Å². The van der Waals surface area contributed by atoms with Crippen molar-refractivity contribution in [3.63, 3.8) is 0 Å². The molecule has 0 unspecified atom stereocenters. The van der Waals surface area contributed by atoms with Crippen LogP contribution in [0.5, 0.6) is 0 Å². The van der Waals surface area contributed by atoms with E-state index in [2.05, 4.69) is 11.9 Å². The van der Waals surface area contributed by atoms with Crippen LogP contribution in [0.4, 0.5) is 0 Å². The smallest absolute Gasteiger partial charge is 0.268 e. The quantitative estimate of drug-likeness (QED) is 0.442. The van der Waals surface area contributed by atoms with Crippen LogP contribution in [0.3, 0.4) is 0 Å². The van der Waals surface area contributed by atoms with Gasteiger partial charge in [-0.25, -0.2) is 4.57 Å². The summed E-state index contributed by atoms with van der Waals surface area (Å²) >= 11 is 5.20. The van der Waals surface area contributed by atoms with E-state index in [4.69, 9.17) is 12.2 Å². The predicted molar refractivity (Wildman–Crippen MR) is 106 cm³/mol. The number of fused-ring (bicyclic) bond motifs is 1. The Balaban J connectivity index is 1.83. The van der Waals surface area contributed by atoms with E-state index in [1.807, 2.05) is 6.07 Å². The van der Waals surface area contributed by atoms with Crippen LogP contribution in [0.15, 0.2) is 29.1 Å². The molecule has 0 bridgehead atoms. The summed E-state index contributed by atoms with van der Waals surface area (Å²) in [4.78, 5) is 27.9. The number of carbonyl (C=O) groups is 1. The van der Waals surface area contributed by atoms with Crippen molar-refractivity contribution in [1.29, 1.82) is 0 Å². The third-order valence-electron chi connectivity index (χ3n) is 4.55. The molecular formula is C20H28N2O2S. The number of nitrogens with one attached hydrogen (secondary N) is 1. The zero-order valence-corrected chi connectivity index (χ0v) is 15.9. The molecule has 1 N–H and O–H groups in total. The molecule has 136 valence electrons. The molecule has 2 rings (SSSR count). The zero-order valence-electron chi connectivity index (χ0n) is 15.1. The summed E-state index contributed by atoms with van der Waals surface area (Å²) < 4.78 is 1.30. The summed E-state index contributed by atoms with van der Waals surface area (Å²) in [5, 5.41) is 0.497. The maximum Gasteiger partial charge on any atom is 0.268 e. The van der Waals surface area contributed by atoms with Crippen LogP contribution in [0, 0.1) is 4.77 Å². The highest BCUT2D eigenvalue weighted by Crippen LogP contribution is 2.11. The van der Waals surface area contributed by atoms with Crippen molar-refractivity contribution in [2.75, 3.05) is 0 Å². The molecule has 0 fully saturated rings. The lowest BCUT2D eigenvalue weighted by molar-refractivity contribution is 0.0892. The molecule has 0 aliphatic heterocycles. The van der Waals surface area contributed by atoms with E-state index in [9.17, 15) is 9.59 Å². The van der Waals surface area contributed by atoms with Gasteiger partial charge in [-0.1, -0.05) is 70.4 Å². The molecule has 25 heavy (non-hydrogen) atoms. The summed E-state index contributed by atoms with van der Waals surface area (Å²) in [5.74, 6) is -0.208. The summed E-state index contributed by atoms with van der Waals surface area (Å²) in [7, 11) is 0. The molecule has 0 aliphatic carbocycles. The summed E-state index contributed by atoms with van der Waals surface area (Å²) in [6.07, 6.45) is 11.1. The van der Waals surface area contributed by atoms with Crippen LogP contribution in [0.2, 0.25) is 0 Å². The maximum absolute atomic E-state index is 12.5. The molecule has 0 saturated heterocycles. The minimum Gasteiger partial charge on any atom is -0.331 e. The number of carbonyl (C=O) groups excluding carboxylic acids is 1. The van der Waals surface area contributed by atoms with Gasteiger partial charge in [-0.2, -0.15) is 0 Å². The number of aromatic amines is 1. The topological polar surface area (TPSA) is 54.9 Å². The lowest BCUT2D eigenvalue weighted by Gasteiger charge is -2.07. The van der Waals surface area contributed by atoms with E-state index in [0.29, 0.717) is 17.3 Å². The second-order valence-electron chi connectivity index (χ2n) is 6.59. The second-order valence-corrected chi connectivity index (χ2v) is 6.98. The fourth-order valence-electron chi connectivity index (χ4n) is 3.09. The van der Waals surface area contributed by atoms with Gasteiger partial charge in [0, 0.05) is 6.42 Å². The number of H-pyrrole nitrogens is 1. The van der Waals surface area contributed by atoms with E-state index >= 15 is 0 Å². The Kier molecular flexibility index (Phi) is 8.06. The largest absolute Gasteiger partial charge is 0.331 e. The Bertz CT molecular complexity index is 807. The van der Waals surface area contributed by atoms with Gasteiger partial charge in [0.1, 0.15) is 0 Å². The average Bonchev–Trinajstić information content (AvgIpc) is 2.60. The molecule has 0 aliphatic rings. The standard InChI is InChI=1S/C20H28N2O2S/c1-2-3-4-5-6-7-8-9-10-15-18(23)22-19(24)16-13-11-12-14-17(16)21-20(22)25/h11-14H,2-10,15H2,1H3,(H,21,25). The molecule has 1 aromatic heterocycles. The third-order valence-corrected chi connectivity index (χ3v) is 4.83. The minimum atomic E-state index is -0.319. The van der Waals surface area contributed by atoms with E-state index in [1.165, 1.54) is 38.5 Å². The molecule has 5 heteroatoms. The lowest BCUT2D eigenvalue weighted by atomic mass is 10.1. The fraction of sp³-hybridized carbons (Fsp3) is 0.550. The molecule has 0 saturated carbocycles. The van der Waals surface area contributed by atoms with Crippen molar-refractivity contribution < 1.29 is 4.79 Å². The number of hydrogen-bond donors (Lipinski definition) is 1. The number of para-hydroxylation sites is 1. The highest BCUT2D eigenvalue weighted by molar-refractivity contribution is 7.71. The normalized spacial score (nSPS) is 11.1. The predicted octanol–water partition coefficient (Wildman–Crippen LogP) is 5.62. The number of rotatable bonds is 10. The number of hydrogen-bond acceptors (Lipinski definition) is 3. The highest BCUT2D eigenvalue weighted by atomic mass is 32.1. The van der Waals surface area contributed by atoms with Crippen molar-refractivity contribution in [2.24, 2.45) is 0 Å². The van der Waals surface area contributed by atoms with Gasteiger partial charge >= 0.3 is 0 Å². The van der Waals surface area contributed by atoms with Crippen LogP contribution in [-0.2, 0) is 0 Å². The van der Waals surface area contributed by atoms with Crippen LogP contribution >= 0.6 is 12.2 Å². The van der Waals surface area contributed by atoms with Crippen molar-refractivity contribution in [2.45, 2.75) is 71.1 Å². The van der Waals surface area contributed by atoms with Gasteiger partial charge in [-0.05, 0) is 30.8 Å². The zero-order chi connectivity index (χ0) is 18.1. The summed E-state index contributed by atoms with van der Waals surface area (Å²) in [6.45, 7) is 2.23. The highest BCUT2D eigenvalue weighted by Gasteiger charge is 2.12. The van der Waals surface area contributed by atoms with E-state index in [-0.39, 0.29) is 16.2 Å². The van der Waals surface area contributed by atoms with Gasteiger partial charge in [0.05, 0.1) is 10.9 Å². The SMILES string of the molecule is CCCCCCCCCCCC(=O)n1c(=S)[nH]c2ccccc2c1=O. The van der Waals surface area contributed by atoms with Gasteiger partial charge in [-0.3, -0.25) is 9.59 Å². The second kappa shape index (κ2) is 10.3. The van der Waals surface area contributed by atoms with Crippen molar-refractivity contribution >= 4 is 29.0 Å². The molecule has 0 amide bonds. The first kappa shape index (κ1) is 19.6. The molecule has 0 spiro atoms. The Morgan fingerprint density at radius 2 is 1.60 bits per heavy atom. The molecule has 0 atom stereocenters. The summed E-state index contributed by atoms with van der Waals surface area (Å²) in [5.41, 5.74) is 0.352. The summed E-state index contributed by atoms with van der Waals surface area (Å²) in [6, 6.07) is 7.13. The van der Waals surface area contributed by atoms with Crippen LogP contribution in [0.25, 0.3) is 10.9 Å². The van der Waals surface area contributed by atoms with Gasteiger partial charge < -0.3 is 4.98 Å². The monoisotopic (exact) mass is 360 g/mol. The average molecular weight is 361 g/mol. The third kappa shape index (κ3) is 5.63. The molecule has 1 aromatic carbocycles. The Hall–Kier alpha value is -1.75. The van der Waals surface area contributed by atoms with Crippen LogP contribution in [0.1, 0.15) is 75.9 Å². The first-order valence-electron chi connectivity index (χ1n) is 9.42. The molecule has 4 nitrogen and oxygen atoms in total. The number of benzene rings is 1. The van der Waals surface area contributed by atoms with Gasteiger partial charge in [0.15, 0.2) is 4.77 Å². The number of nitrogens with zero attached hydrogens (tertiary/aromatic N) is 1. The van der Waals surface area contributed by atoms with E-state index in [1.54, 1.807) is 18.2 Å². The first-order valence-corrected chi connectivity index (χ1v) is 9.83. The number of unbranched alkanes of at least 4 members (excludes halogenated alkanes) is 8. The van der Waals surface area contributed by atoms with Crippen molar-refractivity contribution in [3.8, 4) is 0 Å². The Morgan fingerprint density at radius 1 is 1.00 bits per heavy atom. The van der Waals surface area contributed by atoms with Gasteiger partial charge in [-0.15, -0.1) is 0 Å². The first-order chi connectivity index (χ1) is 12.1. The molecule has 0 radical (unpaired) electrons. The Morgan fingerprint density at radius 3 is 2.28 bits per heavy atom. The minimum absolute atomic E-state index is 0.185. The van der Waals surface area contributed by atoms with Crippen molar-refractivity contribution in [1.82, 2.24) is 9.55 Å². The molecule has 1 heterocycles. The lowest BCUT2D eigenvalue weighted by Crippen LogP contribution is -2.28. The molecular weight excluding hydrogens is 332 g/mol. The van der Waals surface area contributed by atoms with E-state index < -0.39 is 0 Å². The van der Waals surface area contributed by atoms with Gasteiger partial charge in [0.25, 0.3) is 5.56 Å². The fourth-order valence-corrected chi connectivity index (χ4v) is 3.38. The van der Waals surface area contributed by atoms with Gasteiger partial charge in [0.2, 0.25) is 5.91 Å². The van der Waals surface area contributed by atoms with Crippen LogP contribution < -0.4 is 5.56 Å².